The molecule has 3 atom stereocenters. The summed E-state index contributed by atoms with van der Waals surface area (Å²) in [5.74, 6) is 1.22. The number of rotatable bonds is 3. The van der Waals surface area contributed by atoms with E-state index in [9.17, 15) is 0 Å². The molecule has 0 aromatic carbocycles. The van der Waals surface area contributed by atoms with E-state index in [4.69, 9.17) is 5.73 Å². The largest absolute Gasteiger partial charge is 0.329 e. The topological polar surface area (TPSA) is 29.3 Å². The van der Waals surface area contributed by atoms with Crippen LogP contribution in [0.4, 0.5) is 0 Å². The van der Waals surface area contributed by atoms with Gasteiger partial charge < -0.3 is 5.73 Å². The van der Waals surface area contributed by atoms with E-state index in [2.05, 4.69) is 58.6 Å². The van der Waals surface area contributed by atoms with Crippen LogP contribution in [-0.2, 0) is 0 Å². The molecule has 1 fully saturated rings. The van der Waals surface area contributed by atoms with Gasteiger partial charge in [-0.25, -0.2) is 0 Å². The van der Waals surface area contributed by atoms with E-state index in [0.717, 1.165) is 6.54 Å². The Kier molecular flexibility index (Phi) is 4.95. The number of hydrogen-bond donors (Lipinski definition) is 1. The van der Waals surface area contributed by atoms with Gasteiger partial charge in [-0.3, -0.25) is 4.90 Å². The van der Waals surface area contributed by atoms with Gasteiger partial charge in [-0.2, -0.15) is 11.8 Å². The fraction of sp³-hybridized carbons (Fsp3) is 0.667. The average Bonchev–Trinajstić information content (AvgIpc) is 2.72. The van der Waals surface area contributed by atoms with E-state index in [0.29, 0.717) is 23.9 Å². The zero-order valence-corrected chi connectivity index (χ0v) is 13.4. The molecule has 2 nitrogen and oxygen atoms in total. The fourth-order valence-electron chi connectivity index (χ4n) is 2.32. The first-order chi connectivity index (χ1) is 8.13. The molecule has 0 aliphatic carbocycles. The van der Waals surface area contributed by atoms with Crippen LogP contribution in [0.2, 0.25) is 0 Å². The Labute approximate surface area is 120 Å². The smallest absolute Gasteiger partial charge is 0.0702 e. The van der Waals surface area contributed by atoms with Crippen molar-refractivity contribution in [2.24, 2.45) is 5.73 Å². The van der Waals surface area contributed by atoms with Gasteiger partial charge in [0, 0.05) is 35.0 Å². The summed E-state index contributed by atoms with van der Waals surface area (Å²) in [6, 6.07) is 5.30. The molecule has 1 saturated heterocycles. The van der Waals surface area contributed by atoms with Crippen molar-refractivity contribution < 1.29 is 0 Å². The van der Waals surface area contributed by atoms with Crippen molar-refractivity contribution in [3.05, 3.63) is 20.8 Å². The Morgan fingerprint density at radius 2 is 2.29 bits per heavy atom. The predicted octanol–water partition coefficient (Wildman–Crippen LogP) is 3.34. The maximum Gasteiger partial charge on any atom is 0.0702 e. The number of hydrogen-bond acceptors (Lipinski definition) is 4. The molecule has 2 rings (SSSR count). The first kappa shape index (κ1) is 13.9. The van der Waals surface area contributed by atoms with Crippen LogP contribution in [0.15, 0.2) is 15.9 Å². The summed E-state index contributed by atoms with van der Waals surface area (Å²) in [6.45, 7) is 6.49. The number of thiophene rings is 1. The summed E-state index contributed by atoms with van der Waals surface area (Å²) in [7, 11) is 0. The molecule has 0 radical (unpaired) electrons. The second-order valence-electron chi connectivity index (χ2n) is 4.45. The van der Waals surface area contributed by atoms with Crippen molar-refractivity contribution in [1.82, 2.24) is 4.90 Å². The monoisotopic (exact) mass is 334 g/mol. The molecule has 3 unspecified atom stereocenters. The standard InChI is InChI=1S/C12H19BrN2S2/c1-8-9(2)16-6-5-15(8)10(7-14)11-3-4-12(13)17-11/h3-4,8-10H,5-7,14H2,1-2H3. The summed E-state index contributed by atoms with van der Waals surface area (Å²) in [4.78, 5) is 3.95. The summed E-state index contributed by atoms with van der Waals surface area (Å²) in [5.41, 5.74) is 6.00. The number of nitrogens with zero attached hydrogens (tertiary/aromatic N) is 1. The maximum absolute atomic E-state index is 6.00. The van der Waals surface area contributed by atoms with Gasteiger partial charge in [0.05, 0.1) is 9.83 Å². The van der Waals surface area contributed by atoms with Crippen molar-refractivity contribution in [1.29, 1.82) is 0 Å². The van der Waals surface area contributed by atoms with E-state index in [1.807, 2.05) is 0 Å². The molecule has 17 heavy (non-hydrogen) atoms. The normalized spacial score (nSPS) is 28.2. The van der Waals surface area contributed by atoms with Gasteiger partial charge in [-0.1, -0.05) is 6.92 Å². The summed E-state index contributed by atoms with van der Waals surface area (Å²) >= 11 is 7.41. The molecule has 2 N–H and O–H groups in total. The van der Waals surface area contributed by atoms with Gasteiger partial charge in [0.25, 0.3) is 0 Å². The van der Waals surface area contributed by atoms with E-state index in [1.165, 1.54) is 14.4 Å². The van der Waals surface area contributed by atoms with Crippen LogP contribution < -0.4 is 5.73 Å². The number of thioether (sulfide) groups is 1. The first-order valence-corrected chi connectivity index (χ1v) is 8.62. The number of halogens is 1. The zero-order chi connectivity index (χ0) is 12.4. The summed E-state index contributed by atoms with van der Waals surface area (Å²) < 4.78 is 1.19. The lowest BCUT2D eigenvalue weighted by Crippen LogP contribution is -2.48. The van der Waals surface area contributed by atoms with E-state index in [-0.39, 0.29) is 0 Å². The Morgan fingerprint density at radius 1 is 1.53 bits per heavy atom. The van der Waals surface area contributed by atoms with Gasteiger partial charge in [-0.05, 0) is 35.0 Å². The van der Waals surface area contributed by atoms with Gasteiger partial charge in [0.2, 0.25) is 0 Å². The second kappa shape index (κ2) is 6.06. The van der Waals surface area contributed by atoms with Crippen molar-refractivity contribution in [3.8, 4) is 0 Å². The zero-order valence-electron chi connectivity index (χ0n) is 10.2. The third-order valence-corrected chi connectivity index (χ3v) is 6.54. The molecule has 5 heteroatoms. The van der Waals surface area contributed by atoms with Crippen molar-refractivity contribution in [3.63, 3.8) is 0 Å². The average molecular weight is 335 g/mol. The Balaban J connectivity index is 2.17. The molecule has 2 heterocycles. The van der Waals surface area contributed by atoms with Crippen LogP contribution in [0.3, 0.4) is 0 Å². The van der Waals surface area contributed by atoms with Gasteiger partial charge in [0.15, 0.2) is 0 Å². The molecule has 1 aromatic rings. The highest BCUT2D eigenvalue weighted by Gasteiger charge is 2.31. The Morgan fingerprint density at radius 3 is 2.88 bits per heavy atom. The summed E-state index contributed by atoms with van der Waals surface area (Å²) in [6.07, 6.45) is 0. The highest BCUT2D eigenvalue weighted by Crippen LogP contribution is 2.35. The van der Waals surface area contributed by atoms with Crippen LogP contribution in [0, 0.1) is 0 Å². The molecule has 1 aromatic heterocycles. The third kappa shape index (κ3) is 3.07. The molecule has 0 saturated carbocycles. The minimum atomic E-state index is 0.379. The van der Waals surface area contributed by atoms with Crippen LogP contribution >= 0.6 is 39.0 Å². The van der Waals surface area contributed by atoms with Crippen molar-refractivity contribution in [2.75, 3.05) is 18.8 Å². The Bertz CT molecular complexity index is 369. The minimum Gasteiger partial charge on any atom is -0.329 e. The predicted molar refractivity (Wildman–Crippen MR) is 81.9 cm³/mol. The molecular weight excluding hydrogens is 316 g/mol. The minimum absolute atomic E-state index is 0.379. The highest BCUT2D eigenvalue weighted by atomic mass is 79.9. The lowest BCUT2D eigenvalue weighted by molar-refractivity contribution is 0.153. The highest BCUT2D eigenvalue weighted by molar-refractivity contribution is 9.11. The second-order valence-corrected chi connectivity index (χ2v) is 8.43. The van der Waals surface area contributed by atoms with E-state index >= 15 is 0 Å². The van der Waals surface area contributed by atoms with E-state index in [1.54, 1.807) is 11.3 Å². The molecule has 0 bridgehead atoms. The van der Waals surface area contributed by atoms with Crippen LogP contribution in [0.25, 0.3) is 0 Å². The molecular formula is C12H19BrN2S2. The number of nitrogens with two attached hydrogens (primary N) is 1. The van der Waals surface area contributed by atoms with Crippen LogP contribution in [0.5, 0.6) is 0 Å². The van der Waals surface area contributed by atoms with Crippen molar-refractivity contribution in [2.45, 2.75) is 31.2 Å². The Hall–Kier alpha value is 0.450. The van der Waals surface area contributed by atoms with E-state index < -0.39 is 0 Å². The first-order valence-electron chi connectivity index (χ1n) is 5.96. The van der Waals surface area contributed by atoms with Crippen LogP contribution in [-0.4, -0.2) is 35.0 Å². The van der Waals surface area contributed by atoms with Gasteiger partial charge >= 0.3 is 0 Å². The lowest BCUT2D eigenvalue weighted by Gasteiger charge is -2.41. The fourth-order valence-corrected chi connectivity index (χ4v) is 5.00. The molecule has 1 aliphatic rings. The maximum atomic E-state index is 6.00. The lowest BCUT2D eigenvalue weighted by atomic mass is 10.1. The third-order valence-electron chi connectivity index (χ3n) is 3.48. The van der Waals surface area contributed by atoms with Gasteiger partial charge in [-0.15, -0.1) is 11.3 Å². The quantitative estimate of drug-likeness (QED) is 0.919. The SMILES string of the molecule is CC1SCCN(C(CN)c2ccc(Br)s2)C1C. The molecule has 96 valence electrons. The van der Waals surface area contributed by atoms with Crippen LogP contribution in [0.1, 0.15) is 24.8 Å². The molecule has 1 aliphatic heterocycles. The molecule has 0 spiro atoms. The summed E-state index contributed by atoms with van der Waals surface area (Å²) in [5, 5.41) is 0.696. The van der Waals surface area contributed by atoms with Crippen molar-refractivity contribution >= 4 is 39.0 Å². The van der Waals surface area contributed by atoms with Gasteiger partial charge in [0.1, 0.15) is 0 Å². The molecule has 0 amide bonds.